The van der Waals surface area contributed by atoms with Gasteiger partial charge in [-0.1, -0.05) is 25.3 Å². The molecule has 1 aliphatic carbocycles. The number of hydrogen-bond acceptors (Lipinski definition) is 3. The zero-order valence-electron chi connectivity index (χ0n) is 10.4. The molecular weight excluding hydrogens is 233 g/mol. The van der Waals surface area contributed by atoms with E-state index in [2.05, 4.69) is 5.32 Å². The van der Waals surface area contributed by atoms with Gasteiger partial charge in [0.15, 0.2) is 11.6 Å². The minimum Gasteiger partial charge on any atom is -0.505 e. The van der Waals surface area contributed by atoms with E-state index in [0.29, 0.717) is 11.6 Å². The van der Waals surface area contributed by atoms with E-state index in [1.165, 1.54) is 31.4 Å². The van der Waals surface area contributed by atoms with Crippen LogP contribution in [0.3, 0.4) is 0 Å². The number of benzene rings is 1. The average molecular weight is 253 g/mol. The predicted octanol–water partition coefficient (Wildman–Crippen LogP) is 2.49. The fraction of sp³-hybridized carbons (Fsp3) is 0.571. The van der Waals surface area contributed by atoms with E-state index >= 15 is 0 Å². The number of phenolic OH excluding ortho intramolecular Hbond substituents is 1. The smallest absolute Gasteiger partial charge is 0.165 e. The van der Waals surface area contributed by atoms with Gasteiger partial charge in [0.05, 0.1) is 12.6 Å². The molecule has 0 amide bonds. The van der Waals surface area contributed by atoms with E-state index in [0.717, 1.165) is 12.8 Å². The lowest BCUT2D eigenvalue weighted by molar-refractivity contribution is 0.220. The quantitative estimate of drug-likeness (QED) is 0.772. The van der Waals surface area contributed by atoms with Crippen LogP contribution in [0.25, 0.3) is 0 Å². The van der Waals surface area contributed by atoms with Crippen LogP contribution in [0.15, 0.2) is 18.2 Å². The summed E-state index contributed by atoms with van der Waals surface area (Å²) in [7, 11) is 0. The summed E-state index contributed by atoms with van der Waals surface area (Å²) in [5, 5.41) is 22.0. The summed E-state index contributed by atoms with van der Waals surface area (Å²) in [4.78, 5) is 0. The van der Waals surface area contributed by atoms with E-state index in [9.17, 15) is 9.50 Å². The number of hydrogen-bond donors (Lipinski definition) is 3. The fourth-order valence-corrected chi connectivity index (χ4v) is 2.55. The van der Waals surface area contributed by atoms with Crippen molar-refractivity contribution in [3.63, 3.8) is 0 Å². The second kappa shape index (κ2) is 6.16. The largest absolute Gasteiger partial charge is 0.505 e. The molecule has 1 fully saturated rings. The van der Waals surface area contributed by atoms with E-state index in [4.69, 9.17) is 5.11 Å². The van der Waals surface area contributed by atoms with Crippen molar-refractivity contribution < 1.29 is 14.6 Å². The van der Waals surface area contributed by atoms with Crippen LogP contribution >= 0.6 is 0 Å². The lowest BCUT2D eigenvalue weighted by Crippen LogP contribution is -2.36. The Balaban J connectivity index is 2.04. The molecule has 0 aliphatic heterocycles. The Morgan fingerprint density at radius 2 is 2.00 bits per heavy atom. The van der Waals surface area contributed by atoms with Crippen molar-refractivity contribution in [3.8, 4) is 5.75 Å². The Morgan fingerprint density at radius 3 is 2.61 bits per heavy atom. The molecule has 0 spiro atoms. The molecule has 2 rings (SSSR count). The Morgan fingerprint density at radius 1 is 1.28 bits per heavy atom. The summed E-state index contributed by atoms with van der Waals surface area (Å²) in [5.41, 5.74) is 0.679. The molecule has 3 N–H and O–H groups in total. The van der Waals surface area contributed by atoms with Gasteiger partial charge >= 0.3 is 0 Å². The lowest BCUT2D eigenvalue weighted by Gasteiger charge is -2.27. The topological polar surface area (TPSA) is 52.5 Å². The van der Waals surface area contributed by atoms with Crippen molar-refractivity contribution in [2.24, 2.45) is 0 Å². The molecule has 4 heteroatoms. The first-order chi connectivity index (χ1) is 8.70. The molecule has 1 aromatic rings. The highest BCUT2D eigenvalue weighted by Gasteiger charge is 2.19. The molecule has 0 saturated heterocycles. The molecule has 100 valence electrons. The fourth-order valence-electron chi connectivity index (χ4n) is 2.55. The van der Waals surface area contributed by atoms with Crippen LogP contribution in [0.1, 0.15) is 43.7 Å². The molecule has 0 bridgehead atoms. The van der Waals surface area contributed by atoms with Gasteiger partial charge < -0.3 is 15.5 Å². The maximum Gasteiger partial charge on any atom is 0.165 e. The molecule has 0 aromatic heterocycles. The first-order valence-corrected chi connectivity index (χ1v) is 6.56. The van der Waals surface area contributed by atoms with E-state index in [1.807, 2.05) is 0 Å². The Hall–Kier alpha value is -1.13. The minimum absolute atomic E-state index is 0.0687. The first-order valence-electron chi connectivity index (χ1n) is 6.56. The predicted molar refractivity (Wildman–Crippen MR) is 67.9 cm³/mol. The molecule has 0 heterocycles. The highest BCUT2D eigenvalue weighted by molar-refractivity contribution is 5.30. The highest BCUT2D eigenvalue weighted by Crippen LogP contribution is 2.24. The number of aliphatic hydroxyl groups is 1. The summed E-state index contributed by atoms with van der Waals surface area (Å²) in [5.74, 6) is -0.996. The summed E-state index contributed by atoms with van der Waals surface area (Å²) >= 11 is 0. The molecule has 18 heavy (non-hydrogen) atoms. The van der Waals surface area contributed by atoms with Crippen molar-refractivity contribution in [1.29, 1.82) is 0 Å². The van der Waals surface area contributed by atoms with Crippen molar-refractivity contribution >= 4 is 0 Å². The number of nitrogens with one attached hydrogen (secondary N) is 1. The van der Waals surface area contributed by atoms with Gasteiger partial charge in [-0.15, -0.1) is 0 Å². The third-order valence-corrected chi connectivity index (χ3v) is 3.60. The summed E-state index contributed by atoms with van der Waals surface area (Å²) in [6.45, 7) is -0.0687. The molecule has 3 nitrogen and oxygen atoms in total. The van der Waals surface area contributed by atoms with Crippen LogP contribution in [-0.2, 0) is 0 Å². The van der Waals surface area contributed by atoms with Crippen molar-refractivity contribution in [2.45, 2.75) is 44.2 Å². The second-order valence-electron chi connectivity index (χ2n) is 4.95. The summed E-state index contributed by atoms with van der Waals surface area (Å²) in [6.07, 6.45) is 5.91. The lowest BCUT2D eigenvalue weighted by atomic mass is 9.94. The molecule has 0 radical (unpaired) electrons. The first kappa shape index (κ1) is 13.3. The van der Waals surface area contributed by atoms with Gasteiger partial charge in [0.1, 0.15) is 0 Å². The van der Waals surface area contributed by atoms with Gasteiger partial charge in [-0.05, 0) is 30.5 Å². The van der Waals surface area contributed by atoms with Crippen molar-refractivity contribution in [1.82, 2.24) is 5.32 Å². The Bertz CT molecular complexity index is 391. The normalized spacial score (nSPS) is 18.8. The highest BCUT2D eigenvalue weighted by atomic mass is 19.1. The van der Waals surface area contributed by atoms with Crippen LogP contribution < -0.4 is 5.32 Å². The zero-order valence-corrected chi connectivity index (χ0v) is 10.4. The van der Waals surface area contributed by atoms with Gasteiger partial charge in [-0.3, -0.25) is 0 Å². The van der Waals surface area contributed by atoms with Gasteiger partial charge in [-0.25, -0.2) is 4.39 Å². The molecule has 1 unspecified atom stereocenters. The Labute approximate surface area is 107 Å². The van der Waals surface area contributed by atoms with E-state index in [1.54, 1.807) is 6.07 Å². The molecule has 1 aliphatic rings. The SMILES string of the molecule is OCC(NC1CCCCC1)c1ccc(O)c(F)c1. The summed E-state index contributed by atoms with van der Waals surface area (Å²) < 4.78 is 13.3. The third kappa shape index (κ3) is 3.21. The van der Waals surface area contributed by atoms with Crippen LogP contribution in [0.2, 0.25) is 0 Å². The monoisotopic (exact) mass is 253 g/mol. The maximum atomic E-state index is 13.3. The number of halogens is 1. The van der Waals surface area contributed by atoms with Gasteiger partial charge in [0, 0.05) is 6.04 Å². The van der Waals surface area contributed by atoms with Crippen molar-refractivity contribution in [2.75, 3.05) is 6.61 Å². The number of phenols is 1. The van der Waals surface area contributed by atoms with Gasteiger partial charge in [-0.2, -0.15) is 0 Å². The molecule has 1 aromatic carbocycles. The van der Waals surface area contributed by atoms with Crippen molar-refractivity contribution in [3.05, 3.63) is 29.6 Å². The second-order valence-corrected chi connectivity index (χ2v) is 4.95. The number of aliphatic hydroxyl groups excluding tert-OH is 1. The number of rotatable bonds is 4. The van der Waals surface area contributed by atoms with Crippen LogP contribution in [0.4, 0.5) is 4.39 Å². The standard InChI is InChI=1S/C14H20FNO2/c15-12-8-10(6-7-14(12)18)13(9-17)16-11-4-2-1-3-5-11/h6-8,11,13,16-18H,1-5,9H2. The van der Waals surface area contributed by atoms with Gasteiger partial charge in [0.2, 0.25) is 0 Å². The average Bonchev–Trinajstić information content (AvgIpc) is 2.40. The van der Waals surface area contributed by atoms with Crippen LogP contribution in [0.5, 0.6) is 5.75 Å². The van der Waals surface area contributed by atoms with Gasteiger partial charge in [0.25, 0.3) is 0 Å². The Kier molecular flexibility index (Phi) is 4.55. The van der Waals surface area contributed by atoms with Crippen LogP contribution in [-0.4, -0.2) is 22.9 Å². The number of aromatic hydroxyl groups is 1. The van der Waals surface area contributed by atoms with E-state index < -0.39 is 5.82 Å². The zero-order chi connectivity index (χ0) is 13.0. The van der Waals surface area contributed by atoms with Crippen LogP contribution in [0, 0.1) is 5.82 Å². The molecule has 1 saturated carbocycles. The minimum atomic E-state index is -0.642. The summed E-state index contributed by atoms with van der Waals surface area (Å²) in [6, 6.07) is 4.40. The third-order valence-electron chi connectivity index (χ3n) is 3.60. The molecule has 1 atom stereocenters. The molecular formula is C14H20FNO2. The van der Waals surface area contributed by atoms with E-state index in [-0.39, 0.29) is 18.4 Å². The maximum absolute atomic E-state index is 13.3.